The van der Waals surface area contributed by atoms with Crippen LogP contribution < -0.4 is 10.5 Å². The molecule has 0 aliphatic rings. The van der Waals surface area contributed by atoms with Gasteiger partial charge in [-0.1, -0.05) is 18.2 Å². The maximum absolute atomic E-state index is 11.5. The third-order valence-corrected chi connectivity index (χ3v) is 0.968. The molecule has 2 N–H and O–H groups in total. The van der Waals surface area contributed by atoms with Gasteiger partial charge in [0.25, 0.3) is 0 Å². The molecule has 0 spiro atoms. The van der Waals surface area contributed by atoms with Crippen LogP contribution in [0.4, 0.5) is 8.78 Å². The Kier molecular flexibility index (Phi) is 5.91. The zero-order valence-electron chi connectivity index (χ0n) is 6.71. The minimum absolute atomic E-state index is 0.192. The summed E-state index contributed by atoms with van der Waals surface area (Å²) in [5.41, 5.74) is 4.50. The van der Waals surface area contributed by atoms with Crippen molar-refractivity contribution in [3.63, 3.8) is 0 Å². The molecule has 0 unspecified atom stereocenters. The third-order valence-electron chi connectivity index (χ3n) is 0.968. The van der Waals surface area contributed by atoms with Crippen LogP contribution in [0.1, 0.15) is 0 Å². The van der Waals surface area contributed by atoms with Gasteiger partial charge in [-0.25, -0.2) is 0 Å². The Labute approximate surface area is 70.0 Å². The molecule has 0 saturated carbocycles. The highest BCUT2D eigenvalue weighted by Gasteiger charge is 2.01. The van der Waals surface area contributed by atoms with Crippen LogP contribution >= 0.6 is 0 Å². The topological polar surface area (TPSA) is 35.2 Å². The van der Waals surface area contributed by atoms with Gasteiger partial charge >= 0.3 is 6.61 Å². The maximum atomic E-state index is 11.5. The number of para-hydroxylation sites is 1. The molecular weight excluding hydrogens is 164 g/mol. The van der Waals surface area contributed by atoms with Crippen molar-refractivity contribution in [3.8, 4) is 5.75 Å². The second-order valence-electron chi connectivity index (χ2n) is 1.69. The number of hydrogen-bond donors (Lipinski definition) is 1. The summed E-state index contributed by atoms with van der Waals surface area (Å²) in [6.45, 7) is -2.73. The molecule has 2 nitrogen and oxygen atoms in total. The lowest BCUT2D eigenvalue weighted by atomic mass is 10.3. The fraction of sp³-hybridized carbons (Fsp3) is 0.250. The highest BCUT2D eigenvalue weighted by Crippen LogP contribution is 2.11. The molecule has 0 atom stereocenters. The van der Waals surface area contributed by atoms with Gasteiger partial charge in [0.05, 0.1) is 0 Å². The van der Waals surface area contributed by atoms with Gasteiger partial charge in [-0.05, 0) is 19.2 Å². The Hall–Kier alpha value is -1.16. The minimum Gasteiger partial charge on any atom is -0.435 e. The molecule has 1 aromatic rings. The second-order valence-corrected chi connectivity index (χ2v) is 1.69. The molecule has 0 radical (unpaired) electrons. The van der Waals surface area contributed by atoms with E-state index in [-0.39, 0.29) is 5.75 Å². The van der Waals surface area contributed by atoms with Crippen molar-refractivity contribution in [1.82, 2.24) is 0 Å². The molecule has 0 fully saturated rings. The number of halogens is 2. The minimum atomic E-state index is -2.73. The predicted octanol–water partition coefficient (Wildman–Crippen LogP) is 1.86. The lowest BCUT2D eigenvalue weighted by Crippen LogP contribution is -2.00. The maximum Gasteiger partial charge on any atom is 0.387 e. The lowest BCUT2D eigenvalue weighted by molar-refractivity contribution is -0.0498. The van der Waals surface area contributed by atoms with Crippen LogP contribution in [-0.4, -0.2) is 13.7 Å². The van der Waals surface area contributed by atoms with Crippen LogP contribution in [0.15, 0.2) is 30.3 Å². The van der Waals surface area contributed by atoms with Gasteiger partial charge in [-0.15, -0.1) is 0 Å². The molecule has 0 bridgehead atoms. The van der Waals surface area contributed by atoms with Crippen LogP contribution in [0.25, 0.3) is 0 Å². The van der Waals surface area contributed by atoms with Crippen molar-refractivity contribution in [2.75, 3.05) is 7.05 Å². The summed E-state index contributed by atoms with van der Waals surface area (Å²) in [6, 6.07) is 7.96. The Balaban J connectivity index is 0.000000561. The molecule has 0 aromatic heterocycles. The lowest BCUT2D eigenvalue weighted by Gasteiger charge is -2.01. The molecule has 12 heavy (non-hydrogen) atoms. The van der Waals surface area contributed by atoms with E-state index in [0.717, 1.165) is 0 Å². The molecule has 1 aromatic carbocycles. The summed E-state index contributed by atoms with van der Waals surface area (Å²) in [4.78, 5) is 0. The summed E-state index contributed by atoms with van der Waals surface area (Å²) in [5, 5.41) is 0. The van der Waals surface area contributed by atoms with E-state index < -0.39 is 6.61 Å². The van der Waals surface area contributed by atoms with Gasteiger partial charge in [0.2, 0.25) is 0 Å². The normalized spacial score (nSPS) is 8.75. The smallest absolute Gasteiger partial charge is 0.387 e. The Morgan fingerprint density at radius 2 is 1.67 bits per heavy atom. The fourth-order valence-electron chi connectivity index (χ4n) is 0.602. The van der Waals surface area contributed by atoms with Gasteiger partial charge in [0, 0.05) is 0 Å². The zero-order chi connectivity index (χ0) is 9.40. The molecule has 68 valence electrons. The van der Waals surface area contributed by atoms with Crippen LogP contribution in [-0.2, 0) is 0 Å². The van der Waals surface area contributed by atoms with E-state index in [1.807, 2.05) is 0 Å². The van der Waals surface area contributed by atoms with E-state index in [1.54, 1.807) is 18.2 Å². The van der Waals surface area contributed by atoms with E-state index in [0.29, 0.717) is 0 Å². The van der Waals surface area contributed by atoms with Gasteiger partial charge in [0.1, 0.15) is 5.75 Å². The predicted molar refractivity (Wildman–Crippen MR) is 43.2 cm³/mol. The van der Waals surface area contributed by atoms with Crippen LogP contribution in [0.2, 0.25) is 0 Å². The molecule has 0 heterocycles. The van der Waals surface area contributed by atoms with Gasteiger partial charge in [-0.2, -0.15) is 8.78 Å². The first kappa shape index (κ1) is 10.8. The first-order chi connectivity index (χ1) is 5.79. The van der Waals surface area contributed by atoms with E-state index in [4.69, 9.17) is 0 Å². The average molecular weight is 175 g/mol. The SMILES string of the molecule is CN.FC(F)Oc1ccccc1. The number of hydrogen-bond acceptors (Lipinski definition) is 2. The number of benzene rings is 1. The van der Waals surface area contributed by atoms with Crippen molar-refractivity contribution in [3.05, 3.63) is 30.3 Å². The summed E-state index contributed by atoms with van der Waals surface area (Å²) in [5.74, 6) is 0.192. The van der Waals surface area contributed by atoms with Crippen molar-refractivity contribution >= 4 is 0 Å². The highest BCUT2D eigenvalue weighted by molar-refractivity contribution is 5.20. The number of rotatable bonds is 2. The van der Waals surface area contributed by atoms with Crippen molar-refractivity contribution in [2.45, 2.75) is 6.61 Å². The Bertz CT molecular complexity index is 192. The van der Waals surface area contributed by atoms with Crippen molar-refractivity contribution in [2.24, 2.45) is 5.73 Å². The molecule has 0 aliphatic heterocycles. The van der Waals surface area contributed by atoms with Crippen molar-refractivity contribution < 1.29 is 13.5 Å². The number of ether oxygens (including phenoxy) is 1. The summed E-state index contributed by atoms with van der Waals surface area (Å²) in [6.07, 6.45) is 0. The van der Waals surface area contributed by atoms with E-state index in [2.05, 4.69) is 10.5 Å². The number of nitrogens with two attached hydrogens (primary N) is 1. The molecule has 4 heteroatoms. The number of alkyl halides is 2. The molecule has 0 aliphatic carbocycles. The monoisotopic (exact) mass is 175 g/mol. The molecule has 1 rings (SSSR count). The van der Waals surface area contributed by atoms with E-state index in [1.165, 1.54) is 19.2 Å². The quantitative estimate of drug-likeness (QED) is 0.744. The third kappa shape index (κ3) is 4.62. The standard InChI is InChI=1S/C7H6F2O.CH5N/c8-7(9)10-6-4-2-1-3-5-6;1-2/h1-5,7H;2H2,1H3. The van der Waals surface area contributed by atoms with E-state index >= 15 is 0 Å². The highest BCUT2D eigenvalue weighted by atomic mass is 19.3. The largest absolute Gasteiger partial charge is 0.435 e. The fourth-order valence-corrected chi connectivity index (χ4v) is 0.602. The zero-order valence-corrected chi connectivity index (χ0v) is 6.71. The summed E-state index contributed by atoms with van der Waals surface area (Å²) in [7, 11) is 1.50. The Morgan fingerprint density at radius 1 is 1.17 bits per heavy atom. The van der Waals surface area contributed by atoms with Gasteiger partial charge < -0.3 is 10.5 Å². The summed E-state index contributed by atoms with van der Waals surface area (Å²) >= 11 is 0. The first-order valence-electron chi connectivity index (χ1n) is 3.36. The molecule has 0 amide bonds. The van der Waals surface area contributed by atoms with Crippen LogP contribution in [0.3, 0.4) is 0 Å². The second kappa shape index (κ2) is 6.54. The molecular formula is C8H11F2NO. The van der Waals surface area contributed by atoms with Crippen LogP contribution in [0.5, 0.6) is 5.75 Å². The van der Waals surface area contributed by atoms with Gasteiger partial charge in [0.15, 0.2) is 0 Å². The van der Waals surface area contributed by atoms with Gasteiger partial charge in [-0.3, -0.25) is 0 Å². The van der Waals surface area contributed by atoms with Crippen molar-refractivity contribution in [1.29, 1.82) is 0 Å². The van der Waals surface area contributed by atoms with Crippen LogP contribution in [0, 0.1) is 0 Å². The Morgan fingerprint density at radius 3 is 2.08 bits per heavy atom. The first-order valence-corrected chi connectivity index (χ1v) is 3.36. The average Bonchev–Trinajstić information content (AvgIpc) is 2.08. The van der Waals surface area contributed by atoms with E-state index in [9.17, 15) is 8.78 Å². The molecule has 0 saturated heterocycles. The summed E-state index contributed by atoms with van der Waals surface area (Å²) < 4.78 is 27.1.